The van der Waals surface area contributed by atoms with E-state index in [4.69, 9.17) is 0 Å². The fourth-order valence-electron chi connectivity index (χ4n) is 1.81. The average Bonchev–Trinajstić information content (AvgIpc) is 2.35. The summed E-state index contributed by atoms with van der Waals surface area (Å²) in [6.45, 7) is 10.9. The van der Waals surface area contributed by atoms with Crippen molar-refractivity contribution in [2.45, 2.75) is 40.2 Å². The molecule has 0 saturated carbocycles. The van der Waals surface area contributed by atoms with Crippen molar-refractivity contribution in [3.8, 4) is 0 Å². The van der Waals surface area contributed by atoms with Crippen molar-refractivity contribution in [3.63, 3.8) is 0 Å². The molecule has 0 aliphatic rings. The molecule has 128 valence electrons. The van der Waals surface area contributed by atoms with Gasteiger partial charge in [-0.05, 0) is 34.2 Å². The van der Waals surface area contributed by atoms with E-state index in [2.05, 4.69) is 10.6 Å². The number of carbonyl (C=O) groups excluding carboxylic acids is 3. The van der Waals surface area contributed by atoms with Crippen molar-refractivity contribution in [1.82, 2.24) is 20.4 Å². The highest BCUT2D eigenvalue weighted by Gasteiger charge is 2.20. The first-order valence-corrected chi connectivity index (χ1v) is 7.63. The molecule has 0 aromatic rings. The molecule has 0 bridgehead atoms. The molecule has 0 aliphatic carbocycles. The second kappa shape index (κ2) is 9.40. The van der Waals surface area contributed by atoms with Gasteiger partial charge in [-0.15, -0.1) is 0 Å². The Morgan fingerprint density at radius 3 is 2.00 bits per heavy atom. The standard InChI is InChI=1S/C15H30N4O3/c1-7-16-12(20)10-19(8-2)11-14(22)18(6)9-13(21)17-15(3,4)5/h7-11H2,1-6H3,(H,16,20)(H,17,21). The lowest BCUT2D eigenvalue weighted by atomic mass is 10.1. The van der Waals surface area contributed by atoms with Crippen LogP contribution in [0.4, 0.5) is 0 Å². The van der Waals surface area contributed by atoms with Gasteiger partial charge >= 0.3 is 0 Å². The molecule has 0 atom stereocenters. The molecule has 0 spiro atoms. The summed E-state index contributed by atoms with van der Waals surface area (Å²) in [5, 5.41) is 5.51. The molecule has 0 heterocycles. The molecular formula is C15H30N4O3. The quantitative estimate of drug-likeness (QED) is 0.651. The number of carbonyl (C=O) groups is 3. The molecule has 0 radical (unpaired) electrons. The van der Waals surface area contributed by atoms with E-state index in [9.17, 15) is 14.4 Å². The molecule has 7 heteroatoms. The molecule has 0 fully saturated rings. The van der Waals surface area contributed by atoms with Crippen LogP contribution in [0.3, 0.4) is 0 Å². The number of likely N-dealkylation sites (N-methyl/N-ethyl adjacent to an activating group) is 3. The number of rotatable bonds is 8. The molecule has 7 nitrogen and oxygen atoms in total. The van der Waals surface area contributed by atoms with Gasteiger partial charge in [0.2, 0.25) is 17.7 Å². The molecule has 22 heavy (non-hydrogen) atoms. The Balaban J connectivity index is 4.37. The van der Waals surface area contributed by atoms with Gasteiger partial charge in [0.25, 0.3) is 0 Å². The van der Waals surface area contributed by atoms with E-state index in [1.165, 1.54) is 4.90 Å². The second-order valence-corrected chi connectivity index (χ2v) is 6.30. The summed E-state index contributed by atoms with van der Waals surface area (Å²) in [6, 6.07) is 0. The Labute approximate surface area is 133 Å². The van der Waals surface area contributed by atoms with Crippen LogP contribution in [0.15, 0.2) is 0 Å². The van der Waals surface area contributed by atoms with Crippen LogP contribution in [-0.4, -0.2) is 72.8 Å². The molecule has 0 rings (SSSR count). The van der Waals surface area contributed by atoms with E-state index in [0.29, 0.717) is 13.1 Å². The van der Waals surface area contributed by atoms with Crippen LogP contribution in [0, 0.1) is 0 Å². The van der Waals surface area contributed by atoms with E-state index in [1.54, 1.807) is 11.9 Å². The Morgan fingerprint density at radius 2 is 1.55 bits per heavy atom. The van der Waals surface area contributed by atoms with Gasteiger partial charge < -0.3 is 15.5 Å². The predicted molar refractivity (Wildman–Crippen MR) is 86.3 cm³/mol. The first-order valence-electron chi connectivity index (χ1n) is 7.63. The monoisotopic (exact) mass is 314 g/mol. The molecule has 0 aromatic carbocycles. The van der Waals surface area contributed by atoms with Gasteiger partial charge in [0.1, 0.15) is 0 Å². The number of amides is 3. The molecule has 0 saturated heterocycles. The van der Waals surface area contributed by atoms with Crippen molar-refractivity contribution < 1.29 is 14.4 Å². The summed E-state index contributed by atoms with van der Waals surface area (Å²) >= 11 is 0. The van der Waals surface area contributed by atoms with Gasteiger partial charge in [-0.2, -0.15) is 0 Å². The fourth-order valence-corrected chi connectivity index (χ4v) is 1.81. The van der Waals surface area contributed by atoms with Gasteiger partial charge in [0.05, 0.1) is 19.6 Å². The van der Waals surface area contributed by atoms with Crippen LogP contribution in [-0.2, 0) is 14.4 Å². The van der Waals surface area contributed by atoms with Gasteiger partial charge in [0.15, 0.2) is 0 Å². The van der Waals surface area contributed by atoms with E-state index < -0.39 is 0 Å². The maximum atomic E-state index is 12.1. The minimum absolute atomic E-state index is 0.00874. The van der Waals surface area contributed by atoms with Gasteiger partial charge in [-0.1, -0.05) is 6.92 Å². The molecule has 0 unspecified atom stereocenters. The first-order chi connectivity index (χ1) is 10.1. The van der Waals surface area contributed by atoms with Gasteiger partial charge in [0, 0.05) is 19.1 Å². The molecule has 0 aliphatic heterocycles. The van der Waals surface area contributed by atoms with E-state index >= 15 is 0 Å². The lowest BCUT2D eigenvalue weighted by Crippen LogP contribution is -2.48. The maximum absolute atomic E-state index is 12.1. The van der Waals surface area contributed by atoms with Crippen LogP contribution in [0.5, 0.6) is 0 Å². The van der Waals surface area contributed by atoms with E-state index in [1.807, 2.05) is 34.6 Å². The highest BCUT2D eigenvalue weighted by atomic mass is 16.2. The van der Waals surface area contributed by atoms with Crippen LogP contribution in [0.2, 0.25) is 0 Å². The summed E-state index contributed by atoms with van der Waals surface area (Å²) in [4.78, 5) is 38.6. The van der Waals surface area contributed by atoms with Crippen LogP contribution < -0.4 is 10.6 Å². The Bertz CT molecular complexity index is 391. The predicted octanol–water partition coefficient (Wildman–Crippen LogP) is -0.182. The minimum atomic E-state index is -0.325. The number of hydrogen-bond acceptors (Lipinski definition) is 4. The third-order valence-electron chi connectivity index (χ3n) is 2.87. The smallest absolute Gasteiger partial charge is 0.240 e. The van der Waals surface area contributed by atoms with Crippen LogP contribution >= 0.6 is 0 Å². The summed E-state index contributed by atoms with van der Waals surface area (Å²) in [7, 11) is 1.59. The SMILES string of the molecule is CCNC(=O)CN(CC)CC(=O)N(C)CC(=O)NC(C)(C)C. The topological polar surface area (TPSA) is 81.8 Å². The van der Waals surface area contributed by atoms with Crippen molar-refractivity contribution in [2.24, 2.45) is 0 Å². The first kappa shape index (κ1) is 20.4. The number of nitrogens with one attached hydrogen (secondary N) is 2. The van der Waals surface area contributed by atoms with Gasteiger partial charge in [-0.3, -0.25) is 19.3 Å². The fraction of sp³-hybridized carbons (Fsp3) is 0.800. The third kappa shape index (κ3) is 9.33. The van der Waals surface area contributed by atoms with Crippen molar-refractivity contribution in [2.75, 3.05) is 39.8 Å². The van der Waals surface area contributed by atoms with Crippen molar-refractivity contribution in [3.05, 3.63) is 0 Å². The second-order valence-electron chi connectivity index (χ2n) is 6.30. The highest BCUT2D eigenvalue weighted by Crippen LogP contribution is 1.99. The lowest BCUT2D eigenvalue weighted by Gasteiger charge is -2.25. The van der Waals surface area contributed by atoms with E-state index in [-0.39, 0.29) is 42.9 Å². The summed E-state index contributed by atoms with van der Waals surface area (Å²) in [5.74, 6) is -0.490. The lowest BCUT2D eigenvalue weighted by molar-refractivity contribution is -0.136. The minimum Gasteiger partial charge on any atom is -0.355 e. The summed E-state index contributed by atoms with van der Waals surface area (Å²) in [6.07, 6.45) is 0. The Kier molecular flexibility index (Phi) is 8.70. The van der Waals surface area contributed by atoms with Crippen molar-refractivity contribution >= 4 is 17.7 Å². The molecule has 0 aromatic heterocycles. The summed E-state index contributed by atoms with van der Waals surface area (Å²) in [5.41, 5.74) is -0.325. The zero-order chi connectivity index (χ0) is 17.3. The number of nitrogens with zero attached hydrogens (tertiary/aromatic N) is 2. The zero-order valence-electron chi connectivity index (χ0n) is 14.7. The average molecular weight is 314 g/mol. The molecule has 2 N–H and O–H groups in total. The zero-order valence-corrected chi connectivity index (χ0v) is 14.7. The summed E-state index contributed by atoms with van der Waals surface area (Å²) < 4.78 is 0. The Hall–Kier alpha value is -1.63. The third-order valence-corrected chi connectivity index (χ3v) is 2.87. The highest BCUT2D eigenvalue weighted by molar-refractivity contribution is 5.86. The Morgan fingerprint density at radius 1 is 0.955 bits per heavy atom. The van der Waals surface area contributed by atoms with Crippen molar-refractivity contribution in [1.29, 1.82) is 0 Å². The maximum Gasteiger partial charge on any atom is 0.240 e. The van der Waals surface area contributed by atoms with Gasteiger partial charge in [-0.25, -0.2) is 0 Å². The largest absolute Gasteiger partial charge is 0.355 e. The van der Waals surface area contributed by atoms with Crippen LogP contribution in [0.25, 0.3) is 0 Å². The molecule has 3 amide bonds. The van der Waals surface area contributed by atoms with E-state index in [0.717, 1.165) is 0 Å². The van der Waals surface area contributed by atoms with Crippen LogP contribution in [0.1, 0.15) is 34.6 Å². The number of hydrogen-bond donors (Lipinski definition) is 2. The molecular weight excluding hydrogens is 284 g/mol. The normalized spacial score (nSPS) is 11.2.